The molecule has 6 rings (SSSR count). The number of hydrogen-bond donors (Lipinski definition) is 1. The number of ether oxygens (including phenoxy) is 2. The molecule has 2 saturated heterocycles. The van der Waals surface area contributed by atoms with Crippen molar-refractivity contribution in [3.63, 3.8) is 0 Å². The summed E-state index contributed by atoms with van der Waals surface area (Å²) < 4.78 is 28.5. The van der Waals surface area contributed by atoms with E-state index in [0.717, 1.165) is 5.57 Å². The summed E-state index contributed by atoms with van der Waals surface area (Å²) in [5, 5.41) is 8.96. The highest BCUT2D eigenvalue weighted by Gasteiger charge is 2.39. The largest absolute Gasteiger partial charge is 0.485 e. The number of hydrogen-bond acceptors (Lipinski definition) is 7. The monoisotopic (exact) mass is 453 g/mol. The van der Waals surface area contributed by atoms with Gasteiger partial charge in [0.1, 0.15) is 23.3 Å². The highest BCUT2D eigenvalue weighted by Crippen LogP contribution is 2.36. The van der Waals surface area contributed by atoms with Crippen LogP contribution in [-0.4, -0.2) is 58.5 Å². The van der Waals surface area contributed by atoms with Gasteiger partial charge < -0.3 is 14.8 Å². The van der Waals surface area contributed by atoms with Gasteiger partial charge in [-0.3, -0.25) is 9.63 Å². The first-order valence-electron chi connectivity index (χ1n) is 11.2. The van der Waals surface area contributed by atoms with Crippen LogP contribution in [0, 0.1) is 0 Å². The Morgan fingerprint density at radius 2 is 2.21 bits per heavy atom. The zero-order chi connectivity index (χ0) is 22.5. The maximum Gasteiger partial charge on any atom is 0.257 e. The minimum atomic E-state index is -0.410. The Kier molecular flexibility index (Phi) is 4.92. The maximum absolute atomic E-state index is 14.8. The van der Waals surface area contributed by atoms with Crippen LogP contribution in [-0.2, 0) is 14.3 Å². The molecule has 2 unspecified atom stereocenters. The Labute approximate surface area is 189 Å². The first kappa shape index (κ1) is 20.4. The number of nitrogens with zero attached hydrogens (tertiary/aromatic N) is 4. The lowest BCUT2D eigenvalue weighted by molar-refractivity contribution is 0.0762. The van der Waals surface area contributed by atoms with Gasteiger partial charge in [-0.15, -0.1) is 0 Å². The normalized spacial score (nSPS) is 33.1. The lowest BCUT2D eigenvalue weighted by Crippen LogP contribution is -2.44. The fourth-order valence-corrected chi connectivity index (χ4v) is 4.78. The quantitative estimate of drug-likeness (QED) is 0.656. The number of rotatable bonds is 0. The second-order valence-electron chi connectivity index (χ2n) is 8.69. The van der Waals surface area contributed by atoms with Crippen LogP contribution in [0.2, 0.25) is 0 Å². The summed E-state index contributed by atoms with van der Waals surface area (Å²) in [5.74, 6) is 0.553. The Hall–Kier alpha value is -3.24. The molecule has 0 saturated carbocycles. The first-order chi connectivity index (χ1) is 16.1. The van der Waals surface area contributed by atoms with Crippen LogP contribution in [0.5, 0.6) is 0 Å². The van der Waals surface area contributed by atoms with Crippen molar-refractivity contribution < 1.29 is 23.5 Å². The topological polar surface area (TPSA) is 90.2 Å². The minimum absolute atomic E-state index is 0.301. The highest BCUT2D eigenvalue weighted by molar-refractivity contribution is 6.00. The van der Waals surface area contributed by atoms with Crippen molar-refractivity contribution in [1.82, 2.24) is 19.9 Å². The average Bonchev–Trinajstić information content (AvgIpc) is 3.53. The van der Waals surface area contributed by atoms with E-state index in [9.17, 15) is 9.18 Å². The van der Waals surface area contributed by atoms with Gasteiger partial charge in [-0.05, 0) is 37.5 Å². The standard InChI is InChI=1S/C23H24FN5O4/c1-13-3-2-4-14(24)9-15-18-6-8-32-29(18)20-5-7-28-22(27-20)16(10-25-28)23(30)26-17-11-31-12-19(17)33-21(13)15/h4-5,7,9-10,17-19H,2-3,6,8,11-12H2,1H3,(H,26,30)/b14-4+,15-9+,21-13+/t17?,18?,19-/m0/s1. The van der Waals surface area contributed by atoms with E-state index in [2.05, 4.69) is 10.4 Å². The van der Waals surface area contributed by atoms with Crippen LogP contribution in [0.4, 0.5) is 10.2 Å². The predicted molar refractivity (Wildman–Crippen MR) is 116 cm³/mol. The van der Waals surface area contributed by atoms with Gasteiger partial charge in [0, 0.05) is 24.3 Å². The molecule has 0 aromatic carbocycles. The number of aromatic nitrogens is 3. The number of halogens is 1. The van der Waals surface area contributed by atoms with Crippen LogP contribution in [0.15, 0.2) is 53.3 Å². The zero-order valence-corrected chi connectivity index (χ0v) is 18.2. The summed E-state index contributed by atoms with van der Waals surface area (Å²) in [6.07, 6.45) is 7.85. The minimum Gasteiger partial charge on any atom is -0.485 e. The SMILES string of the molecule is C\C1=C2/O[C@H]3COCC3NC(=O)c3cnn4ccc(nc34)N3OCCC3/C2=C\C(F)=C/CC1. The second-order valence-corrected chi connectivity index (χ2v) is 8.69. The summed E-state index contributed by atoms with van der Waals surface area (Å²) in [5.41, 5.74) is 2.49. The lowest BCUT2D eigenvalue weighted by Gasteiger charge is -2.30. The molecule has 5 heterocycles. The van der Waals surface area contributed by atoms with Crippen molar-refractivity contribution in [1.29, 1.82) is 0 Å². The molecule has 2 aromatic rings. The number of carbonyl (C=O) groups is 1. The van der Waals surface area contributed by atoms with E-state index in [1.807, 2.05) is 6.92 Å². The van der Waals surface area contributed by atoms with Crippen LogP contribution in [0.25, 0.3) is 5.65 Å². The molecule has 4 aliphatic rings. The van der Waals surface area contributed by atoms with E-state index in [1.54, 1.807) is 27.9 Å². The van der Waals surface area contributed by atoms with Crippen LogP contribution < -0.4 is 10.4 Å². The number of anilines is 1. The molecule has 2 bridgehead atoms. The lowest BCUT2D eigenvalue weighted by atomic mass is 9.95. The molecule has 0 spiro atoms. The van der Waals surface area contributed by atoms with Crippen LogP contribution in [0.3, 0.4) is 0 Å². The zero-order valence-electron chi connectivity index (χ0n) is 18.2. The molecule has 2 aromatic heterocycles. The van der Waals surface area contributed by atoms with Gasteiger partial charge in [-0.1, -0.05) is 0 Å². The summed E-state index contributed by atoms with van der Waals surface area (Å²) in [6, 6.07) is 1.10. The fraction of sp³-hybridized carbons (Fsp3) is 0.435. The van der Waals surface area contributed by atoms with Crippen molar-refractivity contribution in [3.05, 3.63) is 58.9 Å². The molecule has 33 heavy (non-hydrogen) atoms. The van der Waals surface area contributed by atoms with Gasteiger partial charge >= 0.3 is 0 Å². The van der Waals surface area contributed by atoms with Gasteiger partial charge in [0.25, 0.3) is 5.91 Å². The molecule has 9 nitrogen and oxygen atoms in total. The Balaban J connectivity index is 1.55. The molecule has 2 fully saturated rings. The van der Waals surface area contributed by atoms with Gasteiger partial charge in [0.2, 0.25) is 0 Å². The van der Waals surface area contributed by atoms with Crippen molar-refractivity contribution in [3.8, 4) is 0 Å². The van der Waals surface area contributed by atoms with E-state index in [1.165, 1.54) is 12.3 Å². The van der Waals surface area contributed by atoms with Gasteiger partial charge in [0.05, 0.1) is 38.1 Å². The van der Waals surface area contributed by atoms with E-state index < -0.39 is 6.10 Å². The Bertz CT molecular complexity index is 1220. The van der Waals surface area contributed by atoms with Crippen molar-refractivity contribution >= 4 is 17.4 Å². The number of allylic oxidation sites excluding steroid dienone is 4. The molecular formula is C23H24FN5O4. The Morgan fingerprint density at radius 3 is 3.12 bits per heavy atom. The van der Waals surface area contributed by atoms with Gasteiger partial charge in [0.15, 0.2) is 11.5 Å². The first-order valence-corrected chi connectivity index (χ1v) is 11.2. The summed E-state index contributed by atoms with van der Waals surface area (Å²) >= 11 is 0. The smallest absolute Gasteiger partial charge is 0.257 e. The van der Waals surface area contributed by atoms with E-state index >= 15 is 0 Å². The van der Waals surface area contributed by atoms with Gasteiger partial charge in [-0.25, -0.2) is 19.0 Å². The van der Waals surface area contributed by atoms with Crippen LogP contribution >= 0.6 is 0 Å². The summed E-state index contributed by atoms with van der Waals surface area (Å²) in [6.45, 7) is 3.11. The number of hydroxylamine groups is 1. The predicted octanol–water partition coefficient (Wildman–Crippen LogP) is 2.61. The summed E-state index contributed by atoms with van der Waals surface area (Å²) in [4.78, 5) is 23.8. The van der Waals surface area contributed by atoms with Crippen molar-refractivity contribution in [2.24, 2.45) is 0 Å². The second kappa shape index (κ2) is 7.96. The third kappa shape index (κ3) is 3.50. The maximum atomic E-state index is 14.8. The Morgan fingerprint density at radius 1 is 1.30 bits per heavy atom. The van der Waals surface area contributed by atoms with Crippen molar-refractivity contribution in [2.75, 3.05) is 24.9 Å². The molecular weight excluding hydrogens is 429 g/mol. The number of fused-ring (bicyclic) bond motifs is 6. The van der Waals surface area contributed by atoms with Gasteiger partial charge in [-0.2, -0.15) is 5.10 Å². The number of carbonyl (C=O) groups excluding carboxylic acids is 1. The fourth-order valence-electron chi connectivity index (χ4n) is 4.78. The number of nitrogens with one attached hydrogen (secondary N) is 1. The highest BCUT2D eigenvalue weighted by atomic mass is 19.1. The molecule has 3 aliphatic heterocycles. The average molecular weight is 453 g/mol. The summed E-state index contributed by atoms with van der Waals surface area (Å²) in [7, 11) is 0. The van der Waals surface area contributed by atoms with E-state index in [0.29, 0.717) is 67.4 Å². The molecule has 172 valence electrons. The third-order valence-electron chi connectivity index (χ3n) is 6.50. The molecule has 3 atom stereocenters. The van der Waals surface area contributed by atoms with Crippen LogP contribution in [0.1, 0.15) is 36.5 Å². The molecule has 1 aliphatic carbocycles. The molecule has 0 radical (unpaired) electrons. The van der Waals surface area contributed by atoms with E-state index in [4.69, 9.17) is 19.3 Å². The molecule has 10 heteroatoms. The van der Waals surface area contributed by atoms with Crippen molar-refractivity contribution in [2.45, 2.75) is 44.4 Å². The number of amides is 1. The molecule has 1 amide bonds. The molecule has 1 N–H and O–H groups in total. The van der Waals surface area contributed by atoms with E-state index in [-0.39, 0.29) is 23.8 Å². The third-order valence-corrected chi connectivity index (χ3v) is 6.50.